The van der Waals surface area contributed by atoms with Crippen molar-refractivity contribution in [2.24, 2.45) is 0 Å². The number of hydrogen-bond donors (Lipinski definition) is 2. The molecule has 20 heavy (non-hydrogen) atoms. The topological polar surface area (TPSA) is 51.6 Å². The number of nitrogens with zero attached hydrogens (tertiary/aromatic N) is 1. The van der Waals surface area contributed by atoms with E-state index < -0.39 is 0 Å². The maximum Gasteiger partial charge on any atom is 0.0992 e. The Morgan fingerprint density at radius 2 is 2.05 bits per heavy atom. The summed E-state index contributed by atoms with van der Waals surface area (Å²) in [5.41, 5.74) is 4.00. The Bertz CT molecular complexity index is 799. The first-order valence-electron chi connectivity index (χ1n) is 6.26. The van der Waals surface area contributed by atoms with Crippen LogP contribution >= 0.6 is 15.9 Å². The smallest absolute Gasteiger partial charge is 0.0992 e. The monoisotopic (exact) mass is 325 g/mol. The highest BCUT2D eigenvalue weighted by atomic mass is 79.9. The second kappa shape index (κ2) is 5.40. The highest BCUT2D eigenvalue weighted by Crippen LogP contribution is 2.24. The van der Waals surface area contributed by atoms with E-state index in [0.717, 1.165) is 22.2 Å². The minimum Gasteiger partial charge on any atom is -0.380 e. The molecule has 0 spiro atoms. The molecule has 2 aromatic carbocycles. The summed E-state index contributed by atoms with van der Waals surface area (Å²) in [5, 5.41) is 13.4. The zero-order valence-electron chi connectivity index (χ0n) is 10.7. The Kier molecular flexibility index (Phi) is 3.44. The van der Waals surface area contributed by atoms with E-state index in [1.807, 2.05) is 24.4 Å². The minimum absolute atomic E-state index is 0.649. The molecule has 1 heterocycles. The van der Waals surface area contributed by atoms with Gasteiger partial charge in [-0.25, -0.2) is 0 Å². The number of aromatic nitrogens is 1. The van der Waals surface area contributed by atoms with E-state index in [9.17, 15) is 0 Å². The SMILES string of the molecule is N#Cc1ccc(NCc2ccc3[nH]ccc3c2)c(Br)c1. The fourth-order valence-corrected chi connectivity index (χ4v) is 2.66. The summed E-state index contributed by atoms with van der Waals surface area (Å²) in [4.78, 5) is 3.18. The second-order valence-corrected chi connectivity index (χ2v) is 5.41. The first-order valence-corrected chi connectivity index (χ1v) is 7.05. The van der Waals surface area contributed by atoms with Gasteiger partial charge in [0.25, 0.3) is 0 Å². The summed E-state index contributed by atoms with van der Waals surface area (Å²) in [7, 11) is 0. The average Bonchev–Trinajstić information content (AvgIpc) is 2.93. The number of nitriles is 1. The molecule has 0 saturated heterocycles. The summed E-state index contributed by atoms with van der Waals surface area (Å²) in [6.45, 7) is 0.742. The number of fused-ring (bicyclic) bond motifs is 1. The van der Waals surface area contributed by atoms with Gasteiger partial charge in [0.15, 0.2) is 0 Å². The van der Waals surface area contributed by atoms with Gasteiger partial charge in [-0.3, -0.25) is 0 Å². The lowest BCUT2D eigenvalue weighted by atomic mass is 10.1. The van der Waals surface area contributed by atoms with Crippen LogP contribution in [0.3, 0.4) is 0 Å². The molecule has 4 heteroatoms. The molecule has 0 bridgehead atoms. The van der Waals surface area contributed by atoms with Crippen molar-refractivity contribution in [1.29, 1.82) is 5.26 Å². The van der Waals surface area contributed by atoms with Gasteiger partial charge in [0.05, 0.1) is 11.6 Å². The molecule has 0 unspecified atom stereocenters. The van der Waals surface area contributed by atoms with E-state index in [1.54, 1.807) is 0 Å². The average molecular weight is 326 g/mol. The number of hydrogen-bond acceptors (Lipinski definition) is 2. The molecular formula is C16H12BrN3. The van der Waals surface area contributed by atoms with E-state index in [0.29, 0.717) is 5.56 Å². The lowest BCUT2D eigenvalue weighted by molar-refractivity contribution is 1.15. The number of halogens is 1. The molecule has 0 atom stereocenters. The fraction of sp³-hybridized carbons (Fsp3) is 0.0625. The van der Waals surface area contributed by atoms with Gasteiger partial charge >= 0.3 is 0 Å². The summed E-state index contributed by atoms with van der Waals surface area (Å²) in [6.07, 6.45) is 1.94. The molecule has 98 valence electrons. The fourth-order valence-electron chi connectivity index (χ4n) is 2.14. The van der Waals surface area contributed by atoms with Gasteiger partial charge in [0.2, 0.25) is 0 Å². The van der Waals surface area contributed by atoms with Crippen molar-refractivity contribution in [3.05, 3.63) is 64.3 Å². The van der Waals surface area contributed by atoms with Crippen molar-refractivity contribution >= 4 is 32.5 Å². The van der Waals surface area contributed by atoms with Crippen LogP contribution in [0.15, 0.2) is 53.1 Å². The van der Waals surface area contributed by atoms with Crippen LogP contribution in [0, 0.1) is 11.3 Å². The van der Waals surface area contributed by atoms with Crippen molar-refractivity contribution in [3.63, 3.8) is 0 Å². The van der Waals surface area contributed by atoms with Gasteiger partial charge in [0, 0.05) is 28.4 Å². The summed E-state index contributed by atoms with van der Waals surface area (Å²) < 4.78 is 0.902. The number of aromatic amines is 1. The Morgan fingerprint density at radius 3 is 2.85 bits per heavy atom. The Labute approximate surface area is 125 Å². The largest absolute Gasteiger partial charge is 0.380 e. The Balaban J connectivity index is 1.77. The molecule has 0 amide bonds. The summed E-state index contributed by atoms with van der Waals surface area (Å²) in [5.74, 6) is 0. The van der Waals surface area contributed by atoms with E-state index in [2.05, 4.69) is 56.6 Å². The highest BCUT2D eigenvalue weighted by molar-refractivity contribution is 9.10. The molecule has 0 saturated carbocycles. The lowest BCUT2D eigenvalue weighted by Crippen LogP contribution is -2.00. The van der Waals surface area contributed by atoms with E-state index in [-0.39, 0.29) is 0 Å². The lowest BCUT2D eigenvalue weighted by Gasteiger charge is -2.09. The van der Waals surface area contributed by atoms with Gasteiger partial charge < -0.3 is 10.3 Å². The first-order chi connectivity index (χ1) is 9.76. The molecule has 0 aliphatic heterocycles. The van der Waals surface area contributed by atoms with Crippen LogP contribution in [0.5, 0.6) is 0 Å². The molecule has 0 aliphatic rings. The van der Waals surface area contributed by atoms with Gasteiger partial charge in [0.1, 0.15) is 0 Å². The molecule has 0 radical (unpaired) electrons. The number of benzene rings is 2. The van der Waals surface area contributed by atoms with Crippen LogP contribution in [0.4, 0.5) is 5.69 Å². The Morgan fingerprint density at radius 1 is 1.15 bits per heavy atom. The number of rotatable bonds is 3. The van der Waals surface area contributed by atoms with Crippen molar-refractivity contribution in [2.45, 2.75) is 6.54 Å². The first kappa shape index (κ1) is 12.8. The third-order valence-electron chi connectivity index (χ3n) is 3.20. The van der Waals surface area contributed by atoms with Crippen molar-refractivity contribution < 1.29 is 0 Å². The molecule has 3 nitrogen and oxygen atoms in total. The van der Waals surface area contributed by atoms with Crippen molar-refractivity contribution in [1.82, 2.24) is 4.98 Å². The second-order valence-electron chi connectivity index (χ2n) is 4.56. The number of nitrogens with one attached hydrogen (secondary N) is 2. The zero-order valence-corrected chi connectivity index (χ0v) is 12.2. The van der Waals surface area contributed by atoms with Crippen LogP contribution < -0.4 is 5.32 Å². The molecular weight excluding hydrogens is 314 g/mol. The summed E-state index contributed by atoms with van der Waals surface area (Å²) in [6, 6.07) is 16.1. The molecule has 2 N–H and O–H groups in total. The molecule has 0 aliphatic carbocycles. The predicted molar refractivity (Wildman–Crippen MR) is 84.5 cm³/mol. The maximum atomic E-state index is 8.85. The molecule has 3 rings (SSSR count). The third-order valence-corrected chi connectivity index (χ3v) is 3.85. The molecule has 1 aromatic heterocycles. The van der Waals surface area contributed by atoms with Crippen LogP contribution in [-0.2, 0) is 6.54 Å². The minimum atomic E-state index is 0.649. The van der Waals surface area contributed by atoms with Crippen molar-refractivity contribution in [3.8, 4) is 6.07 Å². The normalized spacial score (nSPS) is 10.4. The third kappa shape index (κ3) is 2.54. The van der Waals surface area contributed by atoms with Gasteiger partial charge in [-0.1, -0.05) is 6.07 Å². The van der Waals surface area contributed by atoms with Crippen LogP contribution in [0.1, 0.15) is 11.1 Å². The highest BCUT2D eigenvalue weighted by Gasteiger charge is 2.02. The van der Waals surface area contributed by atoms with E-state index in [4.69, 9.17) is 5.26 Å². The van der Waals surface area contributed by atoms with Gasteiger partial charge in [-0.05, 0) is 63.3 Å². The number of H-pyrrole nitrogens is 1. The summed E-state index contributed by atoms with van der Waals surface area (Å²) >= 11 is 3.48. The van der Waals surface area contributed by atoms with Gasteiger partial charge in [-0.15, -0.1) is 0 Å². The van der Waals surface area contributed by atoms with Crippen LogP contribution in [-0.4, -0.2) is 4.98 Å². The van der Waals surface area contributed by atoms with Gasteiger partial charge in [-0.2, -0.15) is 5.26 Å². The maximum absolute atomic E-state index is 8.85. The molecule has 3 aromatic rings. The zero-order chi connectivity index (χ0) is 13.9. The van der Waals surface area contributed by atoms with E-state index in [1.165, 1.54) is 10.9 Å². The predicted octanol–water partition coefficient (Wildman–Crippen LogP) is 4.41. The van der Waals surface area contributed by atoms with Crippen LogP contribution in [0.25, 0.3) is 10.9 Å². The number of anilines is 1. The van der Waals surface area contributed by atoms with Crippen LogP contribution in [0.2, 0.25) is 0 Å². The quantitative estimate of drug-likeness (QED) is 0.749. The van der Waals surface area contributed by atoms with E-state index >= 15 is 0 Å². The van der Waals surface area contributed by atoms with Crippen molar-refractivity contribution in [2.75, 3.05) is 5.32 Å². The Hall–Kier alpha value is -2.25. The standard InChI is InChI=1S/C16H12BrN3/c17-14-8-11(9-18)1-4-16(14)20-10-12-2-3-15-13(7-12)5-6-19-15/h1-8,19-20H,10H2. The molecule has 0 fully saturated rings.